The Labute approximate surface area is 119 Å². The van der Waals surface area contributed by atoms with E-state index >= 15 is 0 Å². The average Bonchev–Trinajstić information content (AvgIpc) is 3.15. The van der Waals surface area contributed by atoms with Gasteiger partial charge in [-0.25, -0.2) is 9.37 Å². The molecular weight excluding hydrogens is 277 g/mol. The number of aromatic nitrogens is 1. The summed E-state index contributed by atoms with van der Waals surface area (Å²) in [6, 6.07) is 2.63. The number of halogens is 1. The van der Waals surface area contributed by atoms with Crippen LogP contribution in [0, 0.1) is 5.82 Å². The molecule has 1 amide bonds. The van der Waals surface area contributed by atoms with Gasteiger partial charge < -0.3 is 10.6 Å². The van der Waals surface area contributed by atoms with Gasteiger partial charge in [-0.1, -0.05) is 0 Å². The quantitative estimate of drug-likeness (QED) is 0.890. The van der Waals surface area contributed by atoms with Crippen LogP contribution in [0.1, 0.15) is 29.8 Å². The first kappa shape index (κ1) is 12.2. The highest BCUT2D eigenvalue weighted by molar-refractivity contribution is 7.17. The van der Waals surface area contributed by atoms with Gasteiger partial charge in [0.2, 0.25) is 0 Å². The summed E-state index contributed by atoms with van der Waals surface area (Å²) in [6.45, 7) is 0. The number of amides is 1. The van der Waals surface area contributed by atoms with E-state index in [4.69, 9.17) is 0 Å². The molecule has 104 valence electrons. The molecule has 20 heavy (non-hydrogen) atoms. The number of pyridine rings is 1. The van der Waals surface area contributed by atoms with Gasteiger partial charge in [0.1, 0.15) is 11.5 Å². The van der Waals surface area contributed by atoms with Crippen LogP contribution in [-0.4, -0.2) is 29.0 Å². The van der Waals surface area contributed by atoms with Gasteiger partial charge in [0, 0.05) is 35.1 Å². The van der Waals surface area contributed by atoms with Gasteiger partial charge in [0.25, 0.3) is 5.91 Å². The first-order valence-corrected chi connectivity index (χ1v) is 7.68. The number of carbonyl (C=O) groups is 1. The lowest BCUT2D eigenvalue weighted by Gasteiger charge is -2.21. The zero-order valence-electron chi connectivity index (χ0n) is 10.7. The van der Waals surface area contributed by atoms with Gasteiger partial charge in [-0.05, 0) is 25.3 Å². The Morgan fingerprint density at radius 3 is 3.15 bits per heavy atom. The van der Waals surface area contributed by atoms with Crippen molar-refractivity contribution in [1.82, 2.24) is 15.6 Å². The largest absolute Gasteiger partial charge is 0.346 e. The highest BCUT2D eigenvalue weighted by Crippen LogP contribution is 2.29. The third-order valence-electron chi connectivity index (χ3n) is 4.26. The molecule has 3 atom stereocenters. The number of rotatable bonds is 2. The summed E-state index contributed by atoms with van der Waals surface area (Å²) in [7, 11) is 0. The van der Waals surface area contributed by atoms with Crippen LogP contribution in [0.3, 0.4) is 0 Å². The molecule has 6 heteroatoms. The molecule has 0 aliphatic carbocycles. The summed E-state index contributed by atoms with van der Waals surface area (Å²) >= 11 is 1.30. The minimum absolute atomic E-state index is 0.172. The Morgan fingerprint density at radius 1 is 1.50 bits per heavy atom. The number of carbonyl (C=O) groups excluding carboxylic acids is 1. The smallest absolute Gasteiger partial charge is 0.270 e. The summed E-state index contributed by atoms with van der Waals surface area (Å²) in [4.78, 5) is 16.4. The Hall–Kier alpha value is -1.53. The zero-order chi connectivity index (χ0) is 13.7. The van der Waals surface area contributed by atoms with E-state index in [1.54, 1.807) is 6.20 Å². The molecule has 0 radical (unpaired) electrons. The summed E-state index contributed by atoms with van der Waals surface area (Å²) < 4.78 is 14.3. The van der Waals surface area contributed by atoms with Crippen LogP contribution >= 0.6 is 11.3 Å². The highest BCUT2D eigenvalue weighted by Gasteiger charge is 2.39. The second kappa shape index (κ2) is 4.49. The van der Waals surface area contributed by atoms with E-state index in [0.717, 1.165) is 17.5 Å². The fourth-order valence-corrected chi connectivity index (χ4v) is 4.01. The predicted octanol–water partition coefficient (Wildman–Crippen LogP) is 2.06. The standard InChI is InChI=1S/C14H14FN3OS/c15-9-6-20-13-5-16-12(4-8(9)13)14(19)18-11-3-7-1-2-10(11)17-7/h4-7,10-11,17H,1-3H2,(H,18,19)/t7-,10+,11-/m1/s1. The van der Waals surface area contributed by atoms with E-state index in [0.29, 0.717) is 17.5 Å². The molecule has 0 aromatic carbocycles. The molecule has 2 aromatic heterocycles. The maximum Gasteiger partial charge on any atom is 0.270 e. The van der Waals surface area contributed by atoms with Crippen LogP contribution in [-0.2, 0) is 0 Å². The lowest BCUT2D eigenvalue weighted by Crippen LogP contribution is -2.43. The minimum atomic E-state index is -0.289. The molecule has 2 aliphatic rings. The Bertz CT molecular complexity index is 686. The molecule has 0 unspecified atom stereocenters. The van der Waals surface area contributed by atoms with E-state index in [2.05, 4.69) is 15.6 Å². The molecule has 0 saturated carbocycles. The van der Waals surface area contributed by atoms with Crippen molar-refractivity contribution in [2.45, 2.75) is 37.4 Å². The Balaban J connectivity index is 1.56. The SMILES string of the molecule is O=C(N[C@@H]1C[C@H]2CC[C@@H]1N2)c1cc2c(F)csc2cn1. The van der Waals surface area contributed by atoms with Gasteiger partial charge in [0.05, 0.1) is 4.70 Å². The molecular formula is C14H14FN3OS. The minimum Gasteiger partial charge on any atom is -0.346 e. The van der Waals surface area contributed by atoms with Gasteiger partial charge >= 0.3 is 0 Å². The van der Waals surface area contributed by atoms with Gasteiger partial charge in [-0.3, -0.25) is 4.79 Å². The molecule has 2 bridgehead atoms. The topological polar surface area (TPSA) is 54.0 Å². The zero-order valence-corrected chi connectivity index (χ0v) is 11.5. The molecule has 2 fully saturated rings. The Morgan fingerprint density at radius 2 is 2.40 bits per heavy atom. The second-order valence-electron chi connectivity index (χ2n) is 5.51. The van der Waals surface area contributed by atoms with Crippen LogP contribution in [0.2, 0.25) is 0 Å². The predicted molar refractivity (Wildman–Crippen MR) is 75.4 cm³/mol. The highest BCUT2D eigenvalue weighted by atomic mass is 32.1. The number of fused-ring (bicyclic) bond motifs is 3. The van der Waals surface area contributed by atoms with E-state index in [9.17, 15) is 9.18 Å². The van der Waals surface area contributed by atoms with E-state index < -0.39 is 0 Å². The van der Waals surface area contributed by atoms with Crippen LogP contribution < -0.4 is 10.6 Å². The fourth-order valence-electron chi connectivity index (χ4n) is 3.25. The van der Waals surface area contributed by atoms with Crippen molar-refractivity contribution in [3.8, 4) is 0 Å². The third-order valence-corrected chi connectivity index (χ3v) is 5.17. The fraction of sp³-hybridized carbons (Fsp3) is 0.429. The van der Waals surface area contributed by atoms with Crippen molar-refractivity contribution in [1.29, 1.82) is 0 Å². The first-order valence-electron chi connectivity index (χ1n) is 6.80. The number of nitrogens with one attached hydrogen (secondary N) is 2. The van der Waals surface area contributed by atoms with Crippen LogP contribution in [0.5, 0.6) is 0 Å². The van der Waals surface area contributed by atoms with Crippen molar-refractivity contribution in [2.24, 2.45) is 0 Å². The van der Waals surface area contributed by atoms with Crippen molar-refractivity contribution < 1.29 is 9.18 Å². The van der Waals surface area contributed by atoms with E-state index in [-0.39, 0.29) is 23.5 Å². The number of nitrogens with zero attached hydrogens (tertiary/aromatic N) is 1. The summed E-state index contributed by atoms with van der Waals surface area (Å²) in [6.07, 6.45) is 4.85. The summed E-state index contributed by atoms with van der Waals surface area (Å²) in [5.74, 6) is -0.500. The summed E-state index contributed by atoms with van der Waals surface area (Å²) in [5.41, 5.74) is 0.289. The number of hydrogen-bond donors (Lipinski definition) is 2. The molecule has 2 aromatic rings. The third kappa shape index (κ3) is 1.91. The van der Waals surface area contributed by atoms with Crippen LogP contribution in [0.4, 0.5) is 4.39 Å². The number of thiophene rings is 1. The first-order chi connectivity index (χ1) is 9.70. The molecule has 2 N–H and O–H groups in total. The van der Waals surface area contributed by atoms with E-state index in [1.165, 1.54) is 29.2 Å². The van der Waals surface area contributed by atoms with Gasteiger partial charge in [-0.2, -0.15) is 0 Å². The van der Waals surface area contributed by atoms with Gasteiger partial charge in [0.15, 0.2) is 0 Å². The van der Waals surface area contributed by atoms with Crippen molar-refractivity contribution >= 4 is 27.3 Å². The second-order valence-corrected chi connectivity index (χ2v) is 6.42. The lowest BCUT2D eigenvalue weighted by molar-refractivity contribution is 0.0926. The van der Waals surface area contributed by atoms with Crippen molar-refractivity contribution in [2.75, 3.05) is 0 Å². The molecule has 2 saturated heterocycles. The monoisotopic (exact) mass is 291 g/mol. The molecule has 4 rings (SSSR count). The van der Waals surface area contributed by atoms with Crippen LogP contribution in [0.25, 0.3) is 10.1 Å². The van der Waals surface area contributed by atoms with E-state index in [1.807, 2.05) is 0 Å². The molecule has 4 nitrogen and oxygen atoms in total. The lowest BCUT2D eigenvalue weighted by atomic mass is 9.95. The van der Waals surface area contributed by atoms with Crippen molar-refractivity contribution in [3.05, 3.63) is 29.2 Å². The number of hydrogen-bond acceptors (Lipinski definition) is 4. The van der Waals surface area contributed by atoms with Crippen LogP contribution in [0.15, 0.2) is 17.6 Å². The summed E-state index contributed by atoms with van der Waals surface area (Å²) in [5, 5.41) is 8.41. The maximum atomic E-state index is 13.6. The van der Waals surface area contributed by atoms with Gasteiger partial charge in [-0.15, -0.1) is 11.3 Å². The Kier molecular flexibility index (Phi) is 2.75. The molecule has 2 aliphatic heterocycles. The average molecular weight is 291 g/mol. The normalized spacial score (nSPS) is 28.1. The molecule has 4 heterocycles. The van der Waals surface area contributed by atoms with Crippen molar-refractivity contribution in [3.63, 3.8) is 0 Å². The molecule has 0 spiro atoms. The maximum absolute atomic E-state index is 13.6.